The third-order valence-electron chi connectivity index (χ3n) is 7.14. The number of unbranched alkanes of at least 4 members (excludes halogenated alkanes) is 2. The van der Waals surface area contributed by atoms with Crippen LogP contribution >= 0.6 is 0 Å². The third kappa shape index (κ3) is 7.81. The number of quaternary nitrogens is 1. The molecule has 0 aliphatic heterocycles. The number of nitrogens with zero attached hydrogens (tertiary/aromatic N) is 5. The standard InChI is InChI=1S/C32H38N7O2/c1-39(2,3)19-17-35-31(41)22-26(40)12-8-5-9-18-38-30-21-25(36-37-34)14-16-28(30)27-15-13-24(33)20-29(27)32(38)23-10-6-4-7-11-23/h4,6-7,10-11,13-16,20-21H,5,8-9,12,17-19,22,33H2,1-3H3/q+1/p+1. The Hall–Kier alpha value is -4.46. The molecular formula is C32H39N7O2+2. The minimum absolute atomic E-state index is 0.0315. The molecule has 0 radical (unpaired) electrons. The second-order valence-electron chi connectivity index (χ2n) is 11.5. The van der Waals surface area contributed by atoms with Gasteiger partial charge in [0, 0.05) is 46.1 Å². The van der Waals surface area contributed by atoms with Gasteiger partial charge in [-0.15, -0.1) is 0 Å². The van der Waals surface area contributed by atoms with E-state index in [1.165, 1.54) is 0 Å². The summed E-state index contributed by atoms with van der Waals surface area (Å²) < 4.78 is 3.02. The molecule has 0 bridgehead atoms. The Kier molecular flexibility index (Phi) is 9.55. The molecule has 0 fully saturated rings. The molecule has 4 aromatic rings. The smallest absolute Gasteiger partial charge is 0.227 e. The van der Waals surface area contributed by atoms with Crippen LogP contribution in [0.1, 0.15) is 32.1 Å². The molecule has 1 aromatic heterocycles. The zero-order valence-electron chi connectivity index (χ0n) is 24.1. The van der Waals surface area contributed by atoms with Crippen LogP contribution in [0.3, 0.4) is 0 Å². The molecule has 1 heterocycles. The maximum Gasteiger partial charge on any atom is 0.227 e. The SMILES string of the molecule is C[N+](C)(C)CCNC(=O)CC(=O)CCCCC[n+]1c(-c2ccccc2)c2cc(N)ccc2c2ccc(N=[N+]=[N-])cc21. The molecular weight excluding hydrogens is 514 g/mol. The van der Waals surface area contributed by atoms with Gasteiger partial charge in [-0.05, 0) is 48.7 Å². The number of pyridine rings is 1. The summed E-state index contributed by atoms with van der Waals surface area (Å²) in [4.78, 5) is 27.5. The number of carbonyl (C=O) groups is 2. The van der Waals surface area contributed by atoms with Crippen molar-refractivity contribution in [3.8, 4) is 11.3 Å². The molecule has 0 atom stereocenters. The highest BCUT2D eigenvalue weighted by Crippen LogP contribution is 2.34. The minimum atomic E-state index is -0.204. The first-order valence-corrected chi connectivity index (χ1v) is 14.0. The molecule has 0 spiro atoms. The quantitative estimate of drug-likeness (QED) is 0.0250. The van der Waals surface area contributed by atoms with Crippen LogP contribution in [0.5, 0.6) is 0 Å². The number of likely N-dealkylation sites (N-methyl/N-ethyl adjacent to an activating group) is 1. The fourth-order valence-corrected chi connectivity index (χ4v) is 5.11. The van der Waals surface area contributed by atoms with Crippen molar-refractivity contribution in [3.05, 3.63) is 77.2 Å². The number of nitrogens with two attached hydrogens (primary N) is 1. The highest BCUT2D eigenvalue weighted by Gasteiger charge is 2.23. The topological polar surface area (TPSA) is 125 Å². The number of aromatic nitrogens is 1. The van der Waals surface area contributed by atoms with Crippen molar-refractivity contribution >= 4 is 44.7 Å². The van der Waals surface area contributed by atoms with Crippen LogP contribution in [0.15, 0.2) is 71.8 Å². The lowest BCUT2D eigenvalue weighted by atomic mass is 9.98. The highest BCUT2D eigenvalue weighted by atomic mass is 16.2. The Morgan fingerprint density at radius 2 is 1.71 bits per heavy atom. The maximum atomic E-state index is 12.4. The second kappa shape index (κ2) is 13.3. The molecule has 3 aromatic carbocycles. The average Bonchev–Trinajstić information content (AvgIpc) is 2.92. The molecule has 0 aliphatic carbocycles. The summed E-state index contributed by atoms with van der Waals surface area (Å²) in [5.41, 5.74) is 19.6. The van der Waals surface area contributed by atoms with Crippen molar-refractivity contribution in [2.24, 2.45) is 5.11 Å². The lowest BCUT2D eigenvalue weighted by Crippen LogP contribution is -2.42. The fourth-order valence-electron chi connectivity index (χ4n) is 5.11. The van der Waals surface area contributed by atoms with E-state index < -0.39 is 0 Å². The van der Waals surface area contributed by atoms with Gasteiger partial charge in [0.2, 0.25) is 17.1 Å². The Morgan fingerprint density at radius 3 is 2.44 bits per heavy atom. The molecule has 4 rings (SSSR count). The van der Waals surface area contributed by atoms with E-state index in [2.05, 4.69) is 53.2 Å². The first kappa shape index (κ1) is 29.5. The van der Waals surface area contributed by atoms with Gasteiger partial charge in [0.1, 0.15) is 12.3 Å². The van der Waals surface area contributed by atoms with Crippen molar-refractivity contribution in [3.63, 3.8) is 0 Å². The molecule has 3 N–H and O–H groups in total. The van der Waals surface area contributed by atoms with E-state index in [0.717, 1.165) is 56.8 Å². The summed E-state index contributed by atoms with van der Waals surface area (Å²) in [6.07, 6.45) is 2.71. The Balaban J connectivity index is 1.54. The van der Waals surface area contributed by atoms with Crippen molar-refractivity contribution < 1.29 is 18.6 Å². The zero-order valence-corrected chi connectivity index (χ0v) is 24.1. The van der Waals surface area contributed by atoms with Gasteiger partial charge in [-0.2, -0.15) is 4.57 Å². The molecule has 9 heteroatoms. The lowest BCUT2D eigenvalue weighted by molar-refractivity contribution is -0.869. The predicted octanol–water partition coefficient (Wildman–Crippen LogP) is 5.81. The fraction of sp³-hybridized carbons (Fsp3) is 0.344. The van der Waals surface area contributed by atoms with E-state index >= 15 is 0 Å². The van der Waals surface area contributed by atoms with Gasteiger partial charge in [-0.1, -0.05) is 35.4 Å². The number of rotatable bonds is 13. The molecule has 9 nitrogen and oxygen atoms in total. The maximum absolute atomic E-state index is 12.4. The molecule has 0 saturated carbocycles. The number of aryl methyl sites for hydroxylation is 1. The van der Waals surface area contributed by atoms with E-state index in [1.54, 1.807) is 0 Å². The van der Waals surface area contributed by atoms with E-state index in [1.807, 2.05) is 54.6 Å². The normalized spacial score (nSPS) is 11.4. The molecule has 212 valence electrons. The Bertz CT molecular complexity index is 1600. The van der Waals surface area contributed by atoms with Gasteiger partial charge in [0.25, 0.3) is 0 Å². The van der Waals surface area contributed by atoms with Gasteiger partial charge < -0.3 is 15.5 Å². The minimum Gasteiger partial charge on any atom is -0.399 e. The predicted molar refractivity (Wildman–Crippen MR) is 164 cm³/mol. The van der Waals surface area contributed by atoms with Crippen molar-refractivity contribution in [1.82, 2.24) is 5.32 Å². The highest BCUT2D eigenvalue weighted by molar-refractivity contribution is 6.10. The van der Waals surface area contributed by atoms with Crippen molar-refractivity contribution in [2.75, 3.05) is 40.0 Å². The first-order valence-electron chi connectivity index (χ1n) is 14.0. The number of benzene rings is 3. The monoisotopic (exact) mass is 553 g/mol. The van der Waals surface area contributed by atoms with Crippen molar-refractivity contribution in [1.29, 1.82) is 0 Å². The number of azide groups is 1. The summed E-state index contributed by atoms with van der Waals surface area (Å²) in [5.74, 6) is -0.236. The van der Waals surface area contributed by atoms with Gasteiger partial charge in [-0.3, -0.25) is 9.59 Å². The summed E-state index contributed by atoms with van der Waals surface area (Å²) in [6, 6.07) is 21.9. The van der Waals surface area contributed by atoms with Gasteiger partial charge in [-0.25, -0.2) is 0 Å². The van der Waals surface area contributed by atoms with Crippen LogP contribution in [0, 0.1) is 0 Å². The number of amides is 1. The summed E-state index contributed by atoms with van der Waals surface area (Å²) in [7, 11) is 6.19. The van der Waals surface area contributed by atoms with E-state index in [9.17, 15) is 9.59 Å². The second-order valence-corrected chi connectivity index (χ2v) is 11.5. The number of anilines is 1. The van der Waals surface area contributed by atoms with Crippen LogP contribution in [-0.4, -0.2) is 50.4 Å². The molecule has 0 unspecified atom stereocenters. The number of hydrogen-bond donors (Lipinski definition) is 2. The van der Waals surface area contributed by atoms with Crippen molar-refractivity contribution in [2.45, 2.75) is 38.6 Å². The van der Waals surface area contributed by atoms with Gasteiger partial charge in [0.15, 0.2) is 0 Å². The number of Topliss-reactive ketones (excluding diaryl/α,β-unsaturated/α-hetero) is 1. The van der Waals surface area contributed by atoms with E-state index in [4.69, 9.17) is 11.3 Å². The van der Waals surface area contributed by atoms with Crippen LogP contribution < -0.4 is 15.6 Å². The van der Waals surface area contributed by atoms with E-state index in [-0.39, 0.29) is 18.1 Å². The van der Waals surface area contributed by atoms with Crippen LogP contribution in [0.2, 0.25) is 0 Å². The summed E-state index contributed by atoms with van der Waals surface area (Å²) in [5, 5.41) is 9.86. The largest absolute Gasteiger partial charge is 0.399 e. The molecule has 1 amide bonds. The number of carbonyl (C=O) groups excluding carboxylic acids is 2. The zero-order chi connectivity index (χ0) is 29.4. The average molecular weight is 554 g/mol. The molecule has 0 saturated heterocycles. The van der Waals surface area contributed by atoms with Crippen LogP contribution in [0.4, 0.5) is 11.4 Å². The Labute approximate surface area is 240 Å². The molecule has 0 aliphatic rings. The van der Waals surface area contributed by atoms with Crippen LogP contribution in [0.25, 0.3) is 43.4 Å². The number of fused-ring (bicyclic) bond motifs is 3. The third-order valence-corrected chi connectivity index (χ3v) is 7.14. The molecule has 41 heavy (non-hydrogen) atoms. The van der Waals surface area contributed by atoms with E-state index in [0.29, 0.717) is 37.3 Å². The summed E-state index contributed by atoms with van der Waals surface area (Å²) in [6.45, 7) is 2.07. The first-order chi connectivity index (χ1) is 19.7. The lowest BCUT2D eigenvalue weighted by Gasteiger charge is -2.23. The number of nitrogens with one attached hydrogen (secondary N) is 1. The number of nitrogen functional groups attached to an aromatic ring is 1. The van der Waals surface area contributed by atoms with Gasteiger partial charge >= 0.3 is 0 Å². The number of ketones is 1. The number of hydrogen-bond acceptors (Lipinski definition) is 4. The van der Waals surface area contributed by atoms with Gasteiger partial charge in [0.05, 0.1) is 51.4 Å². The Morgan fingerprint density at radius 1 is 0.951 bits per heavy atom. The van der Waals surface area contributed by atoms with Crippen LogP contribution in [-0.2, 0) is 16.1 Å². The summed E-state index contributed by atoms with van der Waals surface area (Å²) >= 11 is 0.